The maximum atomic E-state index is 12.6. The Morgan fingerprint density at radius 3 is 2.59 bits per heavy atom. The highest BCUT2D eigenvalue weighted by Crippen LogP contribution is 2.27. The Labute approximate surface area is 159 Å². The number of carbonyl (C=O) groups is 1. The molecule has 7 nitrogen and oxygen atoms in total. The molecule has 27 heavy (non-hydrogen) atoms. The molecule has 1 N–H and O–H groups in total. The molecule has 1 aromatic heterocycles. The van der Waals surface area contributed by atoms with Gasteiger partial charge in [-0.3, -0.25) is 4.79 Å². The van der Waals surface area contributed by atoms with Crippen molar-refractivity contribution in [3.05, 3.63) is 47.7 Å². The van der Waals surface area contributed by atoms with E-state index in [1.54, 1.807) is 0 Å². The minimum atomic E-state index is -3.77. The van der Waals surface area contributed by atoms with Gasteiger partial charge in [-0.25, -0.2) is 8.42 Å². The van der Waals surface area contributed by atoms with E-state index in [4.69, 9.17) is 9.15 Å². The maximum Gasteiger partial charge on any atom is 0.291 e. The highest BCUT2D eigenvalue weighted by atomic mass is 32.2. The largest absolute Gasteiger partial charge is 0.438 e. The van der Waals surface area contributed by atoms with Gasteiger partial charge in [-0.15, -0.1) is 0 Å². The van der Waals surface area contributed by atoms with E-state index in [0.29, 0.717) is 18.9 Å². The first-order valence-electron chi connectivity index (χ1n) is 9.01. The lowest BCUT2D eigenvalue weighted by molar-refractivity contribution is 0.0723. The zero-order valence-corrected chi connectivity index (χ0v) is 16.3. The van der Waals surface area contributed by atoms with E-state index in [0.717, 1.165) is 12.0 Å². The molecular weight excluding hydrogens is 368 g/mol. The number of nitrogens with one attached hydrogen (secondary N) is 1. The predicted molar refractivity (Wildman–Crippen MR) is 101 cm³/mol. The van der Waals surface area contributed by atoms with Crippen molar-refractivity contribution < 1.29 is 22.4 Å². The summed E-state index contributed by atoms with van der Waals surface area (Å²) in [6.45, 7) is 5.41. The zero-order chi connectivity index (χ0) is 19.4. The molecule has 2 heterocycles. The van der Waals surface area contributed by atoms with Crippen molar-refractivity contribution in [1.82, 2.24) is 4.31 Å². The van der Waals surface area contributed by atoms with Crippen molar-refractivity contribution in [2.45, 2.75) is 31.3 Å². The number of anilines is 1. The normalized spacial score (nSPS) is 16.8. The van der Waals surface area contributed by atoms with Gasteiger partial charge in [0.25, 0.3) is 15.9 Å². The smallest absolute Gasteiger partial charge is 0.291 e. The van der Waals surface area contributed by atoms with Gasteiger partial charge in [0.2, 0.25) is 5.09 Å². The second-order valence-corrected chi connectivity index (χ2v) is 8.35. The molecule has 1 aromatic carbocycles. The molecule has 1 aliphatic rings. The van der Waals surface area contributed by atoms with Crippen LogP contribution in [0.2, 0.25) is 0 Å². The number of hydrogen-bond donors (Lipinski definition) is 1. The van der Waals surface area contributed by atoms with E-state index in [9.17, 15) is 13.2 Å². The fourth-order valence-electron chi connectivity index (χ4n) is 2.94. The molecule has 1 atom stereocenters. The molecule has 0 saturated carbocycles. The van der Waals surface area contributed by atoms with Gasteiger partial charge in [0.05, 0.1) is 13.2 Å². The lowest BCUT2D eigenvalue weighted by Gasteiger charge is -2.24. The lowest BCUT2D eigenvalue weighted by atomic mass is 9.97. The Morgan fingerprint density at radius 2 is 1.89 bits per heavy atom. The van der Waals surface area contributed by atoms with Crippen LogP contribution in [0.15, 0.2) is 45.9 Å². The molecule has 0 bridgehead atoms. The molecule has 3 rings (SSSR count). The fourth-order valence-corrected chi connectivity index (χ4v) is 4.26. The summed E-state index contributed by atoms with van der Waals surface area (Å²) in [6.07, 6.45) is 0.940. The van der Waals surface area contributed by atoms with Gasteiger partial charge < -0.3 is 14.5 Å². The van der Waals surface area contributed by atoms with Gasteiger partial charge in [0.15, 0.2) is 5.76 Å². The molecule has 146 valence electrons. The molecule has 0 spiro atoms. The van der Waals surface area contributed by atoms with Crippen molar-refractivity contribution >= 4 is 21.6 Å². The average molecular weight is 392 g/mol. The van der Waals surface area contributed by atoms with E-state index in [2.05, 4.69) is 19.2 Å². The van der Waals surface area contributed by atoms with Crippen LogP contribution in [0.4, 0.5) is 5.69 Å². The van der Waals surface area contributed by atoms with Crippen LogP contribution in [0.3, 0.4) is 0 Å². The number of amides is 1. The highest BCUT2D eigenvalue weighted by molar-refractivity contribution is 7.89. The van der Waals surface area contributed by atoms with Crippen molar-refractivity contribution in [3.8, 4) is 0 Å². The molecule has 2 aromatic rings. The summed E-state index contributed by atoms with van der Waals surface area (Å²) < 4.78 is 37.1. The maximum absolute atomic E-state index is 12.6. The Morgan fingerprint density at radius 1 is 1.19 bits per heavy atom. The molecule has 1 aliphatic heterocycles. The summed E-state index contributed by atoms with van der Waals surface area (Å²) in [6, 6.07) is 10.3. The van der Waals surface area contributed by atoms with E-state index >= 15 is 0 Å². The van der Waals surface area contributed by atoms with Crippen LogP contribution in [0.5, 0.6) is 0 Å². The number of furan rings is 1. The van der Waals surface area contributed by atoms with Crippen molar-refractivity contribution in [2.24, 2.45) is 0 Å². The van der Waals surface area contributed by atoms with E-state index in [1.807, 2.05) is 24.3 Å². The fraction of sp³-hybridized carbons (Fsp3) is 0.421. The number of para-hydroxylation sites is 1. The monoisotopic (exact) mass is 392 g/mol. The summed E-state index contributed by atoms with van der Waals surface area (Å²) in [4.78, 5) is 12.6. The molecule has 1 unspecified atom stereocenters. The van der Waals surface area contributed by atoms with Crippen LogP contribution in [0.1, 0.15) is 42.3 Å². The van der Waals surface area contributed by atoms with Crippen LogP contribution >= 0.6 is 0 Å². The first-order valence-corrected chi connectivity index (χ1v) is 10.5. The summed E-state index contributed by atoms with van der Waals surface area (Å²) >= 11 is 0. The number of benzene rings is 1. The number of hydrogen-bond acceptors (Lipinski definition) is 5. The quantitative estimate of drug-likeness (QED) is 0.816. The molecule has 0 radical (unpaired) electrons. The standard InChI is InChI=1S/C19H24N2O5S/c1-3-14(2)15-6-4-5-7-16(15)20-19(22)17-8-9-18(26-17)27(23,24)21-10-12-25-13-11-21/h4-9,14H,3,10-13H2,1-2H3,(H,20,22). The summed E-state index contributed by atoms with van der Waals surface area (Å²) in [5.74, 6) is -0.231. The minimum Gasteiger partial charge on any atom is -0.438 e. The minimum absolute atomic E-state index is 0.0409. The van der Waals surface area contributed by atoms with Gasteiger partial charge in [-0.1, -0.05) is 32.0 Å². The highest BCUT2D eigenvalue weighted by Gasteiger charge is 2.30. The third-order valence-electron chi connectivity index (χ3n) is 4.72. The van der Waals surface area contributed by atoms with Crippen LogP contribution in [0, 0.1) is 0 Å². The molecular formula is C19H24N2O5S. The number of nitrogens with zero attached hydrogens (tertiary/aromatic N) is 1. The van der Waals surface area contributed by atoms with Gasteiger partial charge >= 0.3 is 0 Å². The molecule has 8 heteroatoms. The predicted octanol–water partition coefficient (Wildman–Crippen LogP) is 3.07. The van der Waals surface area contributed by atoms with Crippen molar-refractivity contribution in [2.75, 3.05) is 31.6 Å². The van der Waals surface area contributed by atoms with Crippen molar-refractivity contribution in [1.29, 1.82) is 0 Å². The number of morpholine rings is 1. The summed E-state index contributed by atoms with van der Waals surface area (Å²) in [5, 5.41) is 2.59. The van der Waals surface area contributed by atoms with Gasteiger partial charge in [0.1, 0.15) is 0 Å². The number of carbonyl (C=O) groups excluding carboxylic acids is 1. The number of rotatable bonds is 6. The van der Waals surface area contributed by atoms with Gasteiger partial charge in [0, 0.05) is 18.8 Å². The number of sulfonamides is 1. The Balaban J connectivity index is 1.78. The van der Waals surface area contributed by atoms with E-state index in [1.165, 1.54) is 16.4 Å². The van der Waals surface area contributed by atoms with Crippen LogP contribution in [-0.4, -0.2) is 44.9 Å². The number of ether oxygens (including phenoxy) is 1. The second-order valence-electron chi connectivity index (χ2n) is 6.49. The van der Waals surface area contributed by atoms with Gasteiger partial charge in [-0.2, -0.15) is 4.31 Å². The first kappa shape index (κ1) is 19.6. The van der Waals surface area contributed by atoms with Crippen molar-refractivity contribution in [3.63, 3.8) is 0 Å². The van der Waals surface area contributed by atoms with Crippen LogP contribution < -0.4 is 5.32 Å². The third-order valence-corrected chi connectivity index (χ3v) is 6.49. The Hall–Kier alpha value is -2.16. The van der Waals surface area contributed by atoms with Crippen LogP contribution in [-0.2, 0) is 14.8 Å². The third kappa shape index (κ3) is 4.23. The van der Waals surface area contributed by atoms with Gasteiger partial charge in [-0.05, 0) is 36.1 Å². The summed E-state index contributed by atoms with van der Waals surface area (Å²) in [7, 11) is -3.77. The SMILES string of the molecule is CCC(C)c1ccccc1NC(=O)c1ccc(S(=O)(=O)N2CCOCC2)o1. The molecule has 1 saturated heterocycles. The lowest BCUT2D eigenvalue weighted by Crippen LogP contribution is -2.40. The first-order chi connectivity index (χ1) is 12.9. The molecule has 1 fully saturated rings. The molecule has 1 amide bonds. The Bertz CT molecular complexity index is 900. The Kier molecular flexibility index (Phi) is 5.98. The summed E-state index contributed by atoms with van der Waals surface area (Å²) in [5.41, 5.74) is 1.73. The molecule has 0 aliphatic carbocycles. The zero-order valence-electron chi connectivity index (χ0n) is 15.5. The average Bonchev–Trinajstić information content (AvgIpc) is 3.20. The van der Waals surface area contributed by atoms with E-state index < -0.39 is 15.9 Å². The topological polar surface area (TPSA) is 88.9 Å². The van der Waals surface area contributed by atoms with Crippen LogP contribution in [0.25, 0.3) is 0 Å². The second kappa shape index (κ2) is 8.24. The van der Waals surface area contributed by atoms with E-state index in [-0.39, 0.29) is 29.9 Å².